The molecule has 0 unspecified atom stereocenters. The number of benzene rings is 2. The number of carbonyl (C=O) groups is 1. The van der Waals surface area contributed by atoms with Crippen LogP contribution < -0.4 is 5.32 Å². The Morgan fingerprint density at radius 2 is 1.81 bits per heavy atom. The molecule has 0 spiro atoms. The molecule has 1 aromatic heterocycles. The number of carbonyl (C=O) groups excluding carboxylic acids is 1. The molecule has 7 nitrogen and oxygen atoms in total. The van der Waals surface area contributed by atoms with E-state index in [9.17, 15) is 17.6 Å². The average Bonchev–Trinajstić information content (AvgIpc) is 3.01. The fourth-order valence-corrected chi connectivity index (χ4v) is 2.84. The molecule has 0 aliphatic carbocycles. The van der Waals surface area contributed by atoms with E-state index < -0.39 is 21.6 Å². The molecule has 134 valence electrons. The van der Waals surface area contributed by atoms with Crippen LogP contribution in [-0.2, 0) is 16.3 Å². The lowest BCUT2D eigenvalue weighted by atomic mass is 10.1. The van der Waals surface area contributed by atoms with Gasteiger partial charge in [0.25, 0.3) is 5.91 Å². The Morgan fingerprint density at radius 1 is 1.12 bits per heavy atom. The van der Waals surface area contributed by atoms with E-state index in [-0.39, 0.29) is 28.8 Å². The first-order valence-corrected chi connectivity index (χ1v) is 9.39. The van der Waals surface area contributed by atoms with Gasteiger partial charge in [0.2, 0.25) is 5.89 Å². The summed E-state index contributed by atoms with van der Waals surface area (Å²) in [5.41, 5.74) is 0.622. The fourth-order valence-electron chi connectivity index (χ4n) is 2.21. The van der Waals surface area contributed by atoms with Crippen molar-refractivity contribution in [3.8, 4) is 0 Å². The van der Waals surface area contributed by atoms with Gasteiger partial charge in [-0.25, -0.2) is 12.8 Å². The average molecular weight is 375 g/mol. The predicted molar refractivity (Wildman–Crippen MR) is 91.0 cm³/mol. The Kier molecular flexibility index (Phi) is 4.81. The Bertz CT molecular complexity index is 1050. The van der Waals surface area contributed by atoms with Crippen LogP contribution in [0.5, 0.6) is 0 Å². The van der Waals surface area contributed by atoms with Crippen molar-refractivity contribution in [3.63, 3.8) is 0 Å². The second-order valence-electron chi connectivity index (χ2n) is 5.53. The van der Waals surface area contributed by atoms with Crippen molar-refractivity contribution in [2.24, 2.45) is 0 Å². The number of halogens is 1. The maximum Gasteiger partial charge on any atom is 0.322 e. The number of rotatable bonds is 5. The van der Waals surface area contributed by atoms with Crippen LogP contribution in [0.15, 0.2) is 57.8 Å². The number of anilines is 1. The van der Waals surface area contributed by atoms with Gasteiger partial charge in [0.15, 0.2) is 9.84 Å². The molecule has 0 aliphatic heterocycles. The lowest BCUT2D eigenvalue weighted by Crippen LogP contribution is -2.13. The van der Waals surface area contributed by atoms with Crippen molar-refractivity contribution in [2.75, 3.05) is 11.6 Å². The molecular formula is C17H14FN3O4S. The van der Waals surface area contributed by atoms with E-state index in [0.29, 0.717) is 0 Å². The molecule has 3 aromatic rings. The third kappa shape index (κ3) is 4.12. The molecule has 3 rings (SSSR count). The van der Waals surface area contributed by atoms with E-state index in [1.165, 1.54) is 36.4 Å². The van der Waals surface area contributed by atoms with E-state index in [1.54, 1.807) is 12.1 Å². The zero-order chi connectivity index (χ0) is 18.7. The summed E-state index contributed by atoms with van der Waals surface area (Å²) in [7, 11) is -3.26. The molecule has 1 amide bonds. The largest absolute Gasteiger partial charge is 0.407 e. The summed E-state index contributed by atoms with van der Waals surface area (Å²) in [6, 6.07) is 11.6. The van der Waals surface area contributed by atoms with Gasteiger partial charge in [-0.3, -0.25) is 10.1 Å². The predicted octanol–water partition coefficient (Wildman–Crippen LogP) is 2.46. The minimum absolute atomic E-state index is 0.136. The standard InChI is InChI=1S/C17H14FN3O4S/c1-26(23,24)12-8-6-11(7-9-12)10-15-20-21-17(25-15)19-16(22)13-4-2-3-5-14(13)18/h2-9H,10H2,1H3,(H,19,21,22). The summed E-state index contributed by atoms with van der Waals surface area (Å²) in [6.07, 6.45) is 1.39. The minimum atomic E-state index is -3.26. The summed E-state index contributed by atoms with van der Waals surface area (Å²) in [4.78, 5) is 12.2. The highest BCUT2D eigenvalue weighted by Crippen LogP contribution is 2.16. The highest BCUT2D eigenvalue weighted by Gasteiger charge is 2.15. The number of hydrogen-bond donors (Lipinski definition) is 1. The molecule has 0 saturated heterocycles. The summed E-state index contributed by atoms with van der Waals surface area (Å²) in [5.74, 6) is -1.13. The summed E-state index contributed by atoms with van der Waals surface area (Å²) in [5, 5.41) is 9.84. The number of sulfone groups is 1. The van der Waals surface area contributed by atoms with Crippen LogP contribution in [0.1, 0.15) is 21.8 Å². The lowest BCUT2D eigenvalue weighted by Gasteiger charge is -2.02. The first kappa shape index (κ1) is 17.7. The molecule has 0 saturated carbocycles. The second kappa shape index (κ2) is 7.04. The summed E-state index contributed by atoms with van der Waals surface area (Å²) in [6.45, 7) is 0. The van der Waals surface area contributed by atoms with Gasteiger partial charge in [0, 0.05) is 6.26 Å². The molecule has 26 heavy (non-hydrogen) atoms. The number of nitrogens with zero attached hydrogens (tertiary/aromatic N) is 2. The van der Waals surface area contributed by atoms with Crippen LogP contribution in [0, 0.1) is 5.82 Å². The van der Waals surface area contributed by atoms with Gasteiger partial charge in [-0.15, -0.1) is 5.10 Å². The van der Waals surface area contributed by atoms with Gasteiger partial charge in [-0.1, -0.05) is 29.4 Å². The van der Waals surface area contributed by atoms with Crippen LogP contribution in [0.2, 0.25) is 0 Å². The highest BCUT2D eigenvalue weighted by molar-refractivity contribution is 7.90. The van der Waals surface area contributed by atoms with Crippen molar-refractivity contribution >= 4 is 21.8 Å². The van der Waals surface area contributed by atoms with E-state index in [4.69, 9.17) is 4.42 Å². The smallest absolute Gasteiger partial charge is 0.322 e. The first-order chi connectivity index (χ1) is 12.3. The summed E-state index contributed by atoms with van der Waals surface area (Å²) >= 11 is 0. The van der Waals surface area contributed by atoms with Crippen LogP contribution in [-0.4, -0.2) is 30.8 Å². The highest BCUT2D eigenvalue weighted by atomic mass is 32.2. The van der Waals surface area contributed by atoms with Crippen LogP contribution in [0.25, 0.3) is 0 Å². The Morgan fingerprint density at radius 3 is 2.46 bits per heavy atom. The van der Waals surface area contributed by atoms with Gasteiger partial charge < -0.3 is 4.42 Å². The number of aromatic nitrogens is 2. The Balaban J connectivity index is 1.68. The van der Waals surface area contributed by atoms with Gasteiger partial charge in [0.1, 0.15) is 5.82 Å². The third-order valence-electron chi connectivity index (χ3n) is 3.51. The molecule has 0 bridgehead atoms. The normalized spacial score (nSPS) is 11.3. The molecule has 0 radical (unpaired) electrons. The van der Waals surface area contributed by atoms with E-state index in [1.807, 2.05) is 0 Å². The number of nitrogens with one attached hydrogen (secondary N) is 1. The molecule has 2 aromatic carbocycles. The van der Waals surface area contributed by atoms with Crippen LogP contribution in [0.3, 0.4) is 0 Å². The second-order valence-corrected chi connectivity index (χ2v) is 7.54. The minimum Gasteiger partial charge on any atom is -0.407 e. The van der Waals surface area contributed by atoms with Crippen LogP contribution >= 0.6 is 0 Å². The quantitative estimate of drug-likeness (QED) is 0.735. The van der Waals surface area contributed by atoms with Crippen molar-refractivity contribution < 1.29 is 22.0 Å². The maximum absolute atomic E-state index is 13.6. The van der Waals surface area contributed by atoms with Gasteiger partial charge in [-0.05, 0) is 29.8 Å². The molecule has 9 heteroatoms. The molecule has 0 atom stereocenters. The molecule has 0 fully saturated rings. The number of amides is 1. The van der Waals surface area contributed by atoms with Gasteiger partial charge >= 0.3 is 6.01 Å². The van der Waals surface area contributed by atoms with Crippen molar-refractivity contribution in [1.29, 1.82) is 0 Å². The Hall–Kier alpha value is -3.07. The van der Waals surface area contributed by atoms with Gasteiger partial charge in [0.05, 0.1) is 16.9 Å². The zero-order valence-electron chi connectivity index (χ0n) is 13.6. The molecule has 1 N–H and O–H groups in total. The van der Waals surface area contributed by atoms with E-state index in [2.05, 4.69) is 15.5 Å². The lowest BCUT2D eigenvalue weighted by molar-refractivity contribution is 0.102. The topological polar surface area (TPSA) is 102 Å². The molecular weight excluding hydrogens is 361 g/mol. The van der Waals surface area contributed by atoms with Crippen molar-refractivity contribution in [2.45, 2.75) is 11.3 Å². The molecule has 0 aliphatic rings. The molecule has 1 heterocycles. The van der Waals surface area contributed by atoms with Crippen LogP contribution in [0.4, 0.5) is 10.4 Å². The van der Waals surface area contributed by atoms with Gasteiger partial charge in [-0.2, -0.15) is 0 Å². The zero-order valence-corrected chi connectivity index (χ0v) is 14.5. The maximum atomic E-state index is 13.6. The van der Waals surface area contributed by atoms with E-state index >= 15 is 0 Å². The summed E-state index contributed by atoms with van der Waals surface area (Å²) < 4.78 is 41.8. The Labute approximate surface area is 148 Å². The van der Waals surface area contributed by atoms with E-state index in [0.717, 1.165) is 11.8 Å². The van der Waals surface area contributed by atoms with Crippen molar-refractivity contribution in [1.82, 2.24) is 10.2 Å². The monoisotopic (exact) mass is 375 g/mol. The third-order valence-corrected chi connectivity index (χ3v) is 4.64. The fraction of sp³-hybridized carbons (Fsp3) is 0.118. The van der Waals surface area contributed by atoms with Crippen molar-refractivity contribution in [3.05, 3.63) is 71.4 Å². The number of hydrogen-bond acceptors (Lipinski definition) is 6. The first-order valence-electron chi connectivity index (χ1n) is 7.50. The SMILES string of the molecule is CS(=O)(=O)c1ccc(Cc2nnc(NC(=O)c3ccccc3F)o2)cc1.